The zero-order chi connectivity index (χ0) is 21.5. The van der Waals surface area contributed by atoms with Gasteiger partial charge in [0.15, 0.2) is 5.82 Å². The standard InChI is InChI=1S/C25H26N4OS/c1-2-15-29(16-14-23(30)26-18-19-9-4-3-5-10-19)25-20-11-6-7-12-21(20)27-24(28-25)22-13-8-17-31-22/h3-13,17H,2,14-16,18H2,1H3,(H,26,30). The van der Waals surface area contributed by atoms with Gasteiger partial charge in [-0.15, -0.1) is 11.3 Å². The first-order valence-electron chi connectivity index (χ1n) is 10.6. The summed E-state index contributed by atoms with van der Waals surface area (Å²) in [5, 5.41) is 6.07. The fourth-order valence-corrected chi connectivity index (χ4v) is 4.19. The molecule has 0 aliphatic heterocycles. The number of nitrogens with zero attached hydrogens (tertiary/aromatic N) is 3. The predicted molar refractivity (Wildman–Crippen MR) is 128 cm³/mol. The van der Waals surface area contributed by atoms with Crippen molar-refractivity contribution >= 4 is 34.0 Å². The maximum absolute atomic E-state index is 12.5. The van der Waals surface area contributed by atoms with Crippen LogP contribution in [0.3, 0.4) is 0 Å². The molecule has 5 nitrogen and oxygen atoms in total. The Kier molecular flexibility index (Phi) is 6.89. The Morgan fingerprint density at radius 3 is 2.55 bits per heavy atom. The van der Waals surface area contributed by atoms with Crippen LogP contribution in [0.5, 0.6) is 0 Å². The van der Waals surface area contributed by atoms with Gasteiger partial charge in [0.2, 0.25) is 5.91 Å². The number of carbonyl (C=O) groups is 1. The first-order valence-corrected chi connectivity index (χ1v) is 11.5. The molecule has 4 rings (SSSR count). The number of carbonyl (C=O) groups excluding carboxylic acids is 1. The molecule has 1 amide bonds. The molecule has 2 heterocycles. The van der Waals surface area contributed by atoms with Crippen LogP contribution in [0.25, 0.3) is 21.6 Å². The second kappa shape index (κ2) is 10.2. The zero-order valence-electron chi connectivity index (χ0n) is 17.6. The first kappa shape index (κ1) is 21.0. The van der Waals surface area contributed by atoms with E-state index in [0.29, 0.717) is 19.5 Å². The Morgan fingerprint density at radius 1 is 0.968 bits per heavy atom. The summed E-state index contributed by atoms with van der Waals surface area (Å²) in [5.41, 5.74) is 2.02. The minimum atomic E-state index is 0.0433. The molecule has 0 unspecified atom stereocenters. The van der Waals surface area contributed by atoms with Gasteiger partial charge in [0.05, 0.1) is 10.4 Å². The molecule has 6 heteroatoms. The van der Waals surface area contributed by atoms with E-state index in [0.717, 1.165) is 46.0 Å². The van der Waals surface area contributed by atoms with Crippen molar-refractivity contribution in [2.45, 2.75) is 26.3 Å². The lowest BCUT2D eigenvalue weighted by Gasteiger charge is -2.24. The van der Waals surface area contributed by atoms with Crippen molar-refractivity contribution in [3.8, 4) is 10.7 Å². The summed E-state index contributed by atoms with van der Waals surface area (Å²) in [7, 11) is 0. The normalized spacial score (nSPS) is 10.9. The molecule has 0 saturated carbocycles. The third kappa shape index (κ3) is 5.27. The Hall–Kier alpha value is -3.25. The van der Waals surface area contributed by atoms with Gasteiger partial charge >= 0.3 is 0 Å². The number of rotatable bonds is 9. The molecule has 158 valence electrons. The number of thiophene rings is 1. The number of anilines is 1. The highest BCUT2D eigenvalue weighted by molar-refractivity contribution is 7.13. The number of amides is 1. The monoisotopic (exact) mass is 430 g/mol. The largest absolute Gasteiger partial charge is 0.355 e. The summed E-state index contributed by atoms with van der Waals surface area (Å²) in [4.78, 5) is 25.5. The molecule has 1 N–H and O–H groups in total. The smallest absolute Gasteiger partial charge is 0.222 e. The van der Waals surface area contributed by atoms with Crippen LogP contribution in [0, 0.1) is 0 Å². The highest BCUT2D eigenvalue weighted by Crippen LogP contribution is 2.29. The molecule has 0 radical (unpaired) electrons. The lowest BCUT2D eigenvalue weighted by molar-refractivity contribution is -0.121. The molecule has 0 aliphatic carbocycles. The molecule has 0 fully saturated rings. The van der Waals surface area contributed by atoms with E-state index >= 15 is 0 Å². The second-order valence-electron chi connectivity index (χ2n) is 7.36. The molecule has 0 atom stereocenters. The number of benzene rings is 2. The molecule has 31 heavy (non-hydrogen) atoms. The Bertz CT molecular complexity index is 1130. The number of fused-ring (bicyclic) bond motifs is 1. The number of aromatic nitrogens is 2. The SMILES string of the molecule is CCCN(CCC(=O)NCc1ccccc1)c1nc(-c2cccs2)nc2ccccc12. The van der Waals surface area contributed by atoms with E-state index in [-0.39, 0.29) is 5.91 Å². The van der Waals surface area contributed by atoms with Crippen LogP contribution in [0.1, 0.15) is 25.3 Å². The third-order valence-electron chi connectivity index (χ3n) is 5.06. The highest BCUT2D eigenvalue weighted by atomic mass is 32.1. The molecule has 4 aromatic rings. The minimum Gasteiger partial charge on any atom is -0.355 e. The predicted octanol–water partition coefficient (Wildman–Crippen LogP) is 5.28. The van der Waals surface area contributed by atoms with E-state index in [4.69, 9.17) is 9.97 Å². The lowest BCUT2D eigenvalue weighted by Crippen LogP contribution is -2.32. The van der Waals surface area contributed by atoms with Crippen molar-refractivity contribution in [2.75, 3.05) is 18.0 Å². The van der Waals surface area contributed by atoms with Crippen LogP contribution in [0.15, 0.2) is 72.1 Å². The summed E-state index contributed by atoms with van der Waals surface area (Å²) >= 11 is 1.63. The maximum atomic E-state index is 12.5. The molecule has 0 saturated heterocycles. The van der Waals surface area contributed by atoms with E-state index < -0.39 is 0 Å². The van der Waals surface area contributed by atoms with Gasteiger partial charge in [0.1, 0.15) is 5.82 Å². The number of hydrogen-bond donors (Lipinski definition) is 1. The van der Waals surface area contributed by atoms with Crippen molar-refractivity contribution in [3.63, 3.8) is 0 Å². The molecule has 0 bridgehead atoms. The second-order valence-corrected chi connectivity index (χ2v) is 8.31. The Morgan fingerprint density at radius 2 is 1.77 bits per heavy atom. The quantitative estimate of drug-likeness (QED) is 0.392. The topological polar surface area (TPSA) is 58.1 Å². The van der Waals surface area contributed by atoms with Gasteiger partial charge in [-0.25, -0.2) is 9.97 Å². The fraction of sp³-hybridized carbons (Fsp3) is 0.240. The zero-order valence-corrected chi connectivity index (χ0v) is 18.4. The van der Waals surface area contributed by atoms with Crippen molar-refractivity contribution in [3.05, 3.63) is 77.7 Å². The molecule has 2 aromatic heterocycles. The van der Waals surface area contributed by atoms with Crippen LogP contribution in [-0.4, -0.2) is 29.0 Å². The Labute approximate surface area is 186 Å². The van der Waals surface area contributed by atoms with Crippen LogP contribution in [-0.2, 0) is 11.3 Å². The van der Waals surface area contributed by atoms with Gasteiger partial charge in [-0.05, 0) is 35.6 Å². The Balaban J connectivity index is 1.54. The summed E-state index contributed by atoms with van der Waals surface area (Å²) < 4.78 is 0. The van der Waals surface area contributed by atoms with Crippen molar-refractivity contribution in [1.82, 2.24) is 15.3 Å². The van der Waals surface area contributed by atoms with Crippen molar-refractivity contribution in [2.24, 2.45) is 0 Å². The molecular formula is C25H26N4OS. The van der Waals surface area contributed by atoms with E-state index in [1.165, 1.54) is 0 Å². The minimum absolute atomic E-state index is 0.0433. The van der Waals surface area contributed by atoms with Crippen molar-refractivity contribution in [1.29, 1.82) is 0 Å². The summed E-state index contributed by atoms with van der Waals surface area (Å²) in [6.07, 6.45) is 1.39. The lowest BCUT2D eigenvalue weighted by atomic mass is 10.2. The van der Waals surface area contributed by atoms with Gasteiger partial charge in [0, 0.05) is 31.4 Å². The maximum Gasteiger partial charge on any atom is 0.222 e. The average Bonchev–Trinajstić information content (AvgIpc) is 3.35. The number of para-hydroxylation sites is 1. The van der Waals surface area contributed by atoms with Crippen LogP contribution >= 0.6 is 11.3 Å². The van der Waals surface area contributed by atoms with E-state index in [2.05, 4.69) is 23.2 Å². The van der Waals surface area contributed by atoms with E-state index in [9.17, 15) is 4.79 Å². The summed E-state index contributed by atoms with van der Waals surface area (Å²) in [5.74, 6) is 1.67. The first-order chi connectivity index (χ1) is 15.2. The van der Waals surface area contributed by atoms with Gasteiger partial charge < -0.3 is 10.2 Å². The van der Waals surface area contributed by atoms with Gasteiger partial charge in [-0.2, -0.15) is 0 Å². The fourth-order valence-electron chi connectivity index (χ4n) is 3.53. The van der Waals surface area contributed by atoms with Crippen molar-refractivity contribution < 1.29 is 4.79 Å². The van der Waals surface area contributed by atoms with Crippen LogP contribution in [0.4, 0.5) is 5.82 Å². The third-order valence-corrected chi connectivity index (χ3v) is 5.92. The van der Waals surface area contributed by atoms with Gasteiger partial charge in [0.25, 0.3) is 0 Å². The highest BCUT2D eigenvalue weighted by Gasteiger charge is 2.16. The number of nitrogens with one attached hydrogen (secondary N) is 1. The number of hydrogen-bond acceptors (Lipinski definition) is 5. The molecular weight excluding hydrogens is 404 g/mol. The average molecular weight is 431 g/mol. The molecule has 0 spiro atoms. The summed E-state index contributed by atoms with van der Waals surface area (Å²) in [6.45, 7) is 4.13. The van der Waals surface area contributed by atoms with Gasteiger partial charge in [-0.3, -0.25) is 4.79 Å². The molecule has 2 aromatic carbocycles. The van der Waals surface area contributed by atoms with E-state index in [1.807, 2.05) is 66.0 Å². The van der Waals surface area contributed by atoms with Crippen LogP contribution in [0.2, 0.25) is 0 Å². The van der Waals surface area contributed by atoms with E-state index in [1.54, 1.807) is 11.3 Å². The van der Waals surface area contributed by atoms with Gasteiger partial charge in [-0.1, -0.05) is 55.5 Å². The van der Waals surface area contributed by atoms with Crippen LogP contribution < -0.4 is 10.2 Å². The summed E-state index contributed by atoms with van der Waals surface area (Å²) in [6, 6.07) is 22.1. The molecule has 0 aliphatic rings.